The summed E-state index contributed by atoms with van der Waals surface area (Å²) in [5.74, 6) is -0.614. The van der Waals surface area contributed by atoms with Crippen LogP contribution in [0.4, 0.5) is 0 Å². The fourth-order valence-electron chi connectivity index (χ4n) is 3.27. The van der Waals surface area contributed by atoms with Crippen molar-refractivity contribution in [2.24, 2.45) is 17.6 Å². The standard InChI is InChI=1S/C18H26N2O3/c1-12(18(22)23-2)17(13-7-4-3-5-8-13)20-16(21)11-14-9-6-10-15(14)19/h3-5,7-8,12,14-15,17H,6,9-11,19H2,1-2H3,(H,20,21)/t12?,14-,15+,17?/m0/s1. The number of benzene rings is 1. The molecule has 2 rings (SSSR count). The number of esters is 1. The number of hydrogen-bond donors (Lipinski definition) is 2. The van der Waals surface area contributed by atoms with Gasteiger partial charge in [0.05, 0.1) is 19.1 Å². The van der Waals surface area contributed by atoms with E-state index in [0.717, 1.165) is 24.8 Å². The number of ether oxygens (including phenoxy) is 1. The van der Waals surface area contributed by atoms with Crippen LogP contribution in [0, 0.1) is 11.8 Å². The van der Waals surface area contributed by atoms with Crippen LogP contribution in [0.2, 0.25) is 0 Å². The summed E-state index contributed by atoms with van der Waals surface area (Å²) in [4.78, 5) is 24.3. The number of nitrogens with two attached hydrogens (primary N) is 1. The second kappa shape index (κ2) is 8.11. The van der Waals surface area contributed by atoms with Crippen molar-refractivity contribution < 1.29 is 14.3 Å². The van der Waals surface area contributed by atoms with E-state index >= 15 is 0 Å². The molecule has 0 aliphatic heterocycles. The number of carbonyl (C=O) groups excluding carboxylic acids is 2. The third-order valence-corrected chi connectivity index (χ3v) is 4.71. The molecule has 23 heavy (non-hydrogen) atoms. The molecule has 5 nitrogen and oxygen atoms in total. The number of methoxy groups -OCH3 is 1. The van der Waals surface area contributed by atoms with Crippen LogP contribution in [0.25, 0.3) is 0 Å². The number of hydrogen-bond acceptors (Lipinski definition) is 4. The molecule has 1 saturated carbocycles. The number of amides is 1. The Labute approximate surface area is 137 Å². The summed E-state index contributed by atoms with van der Waals surface area (Å²) in [6.45, 7) is 1.77. The van der Waals surface area contributed by atoms with Crippen molar-refractivity contribution in [1.29, 1.82) is 0 Å². The van der Waals surface area contributed by atoms with Gasteiger partial charge in [0, 0.05) is 12.5 Å². The van der Waals surface area contributed by atoms with Gasteiger partial charge in [0.1, 0.15) is 0 Å². The largest absolute Gasteiger partial charge is 0.469 e. The maximum Gasteiger partial charge on any atom is 0.310 e. The van der Waals surface area contributed by atoms with E-state index in [2.05, 4.69) is 5.32 Å². The Morgan fingerprint density at radius 2 is 2.00 bits per heavy atom. The average molecular weight is 318 g/mol. The molecule has 1 aliphatic rings. The molecule has 5 heteroatoms. The van der Waals surface area contributed by atoms with Crippen molar-refractivity contribution in [3.63, 3.8) is 0 Å². The minimum absolute atomic E-state index is 0.0584. The Hall–Kier alpha value is -1.88. The van der Waals surface area contributed by atoms with Gasteiger partial charge in [-0.1, -0.05) is 36.8 Å². The van der Waals surface area contributed by atoms with Crippen LogP contribution < -0.4 is 11.1 Å². The highest BCUT2D eigenvalue weighted by Crippen LogP contribution is 2.28. The first-order chi connectivity index (χ1) is 11.0. The van der Waals surface area contributed by atoms with E-state index in [-0.39, 0.29) is 23.8 Å². The van der Waals surface area contributed by atoms with E-state index in [1.165, 1.54) is 7.11 Å². The predicted octanol–water partition coefficient (Wildman–Crippen LogP) is 2.17. The number of rotatable bonds is 6. The highest BCUT2D eigenvalue weighted by molar-refractivity contribution is 5.79. The maximum absolute atomic E-state index is 12.4. The van der Waals surface area contributed by atoms with Crippen LogP contribution in [0.15, 0.2) is 30.3 Å². The van der Waals surface area contributed by atoms with E-state index in [9.17, 15) is 9.59 Å². The lowest BCUT2D eigenvalue weighted by Crippen LogP contribution is -2.38. The molecule has 0 bridgehead atoms. The van der Waals surface area contributed by atoms with Gasteiger partial charge in [-0.3, -0.25) is 9.59 Å². The van der Waals surface area contributed by atoms with Crippen molar-refractivity contribution >= 4 is 11.9 Å². The molecule has 1 aromatic rings. The van der Waals surface area contributed by atoms with Crippen LogP contribution in [-0.2, 0) is 14.3 Å². The van der Waals surface area contributed by atoms with E-state index < -0.39 is 12.0 Å². The second-order valence-electron chi connectivity index (χ2n) is 6.33. The first-order valence-corrected chi connectivity index (χ1v) is 8.20. The maximum atomic E-state index is 12.4. The van der Waals surface area contributed by atoms with Gasteiger partial charge in [-0.25, -0.2) is 0 Å². The predicted molar refractivity (Wildman–Crippen MR) is 88.4 cm³/mol. The van der Waals surface area contributed by atoms with Gasteiger partial charge in [-0.2, -0.15) is 0 Å². The lowest BCUT2D eigenvalue weighted by Gasteiger charge is -2.25. The van der Waals surface area contributed by atoms with Crippen LogP contribution in [-0.4, -0.2) is 25.0 Å². The fraction of sp³-hybridized carbons (Fsp3) is 0.556. The summed E-state index contributed by atoms with van der Waals surface area (Å²) >= 11 is 0. The molecular formula is C18H26N2O3. The van der Waals surface area contributed by atoms with Crippen LogP contribution in [0.3, 0.4) is 0 Å². The Morgan fingerprint density at radius 3 is 2.57 bits per heavy atom. The normalized spacial score (nSPS) is 23.1. The SMILES string of the molecule is COC(=O)C(C)C(NC(=O)C[C@@H]1CCC[C@H]1N)c1ccccc1. The molecule has 1 amide bonds. The van der Waals surface area contributed by atoms with Crippen molar-refractivity contribution in [1.82, 2.24) is 5.32 Å². The summed E-state index contributed by atoms with van der Waals surface area (Å²) in [6.07, 6.45) is 3.48. The lowest BCUT2D eigenvalue weighted by atomic mass is 9.93. The highest BCUT2D eigenvalue weighted by Gasteiger charge is 2.30. The third-order valence-electron chi connectivity index (χ3n) is 4.71. The number of carbonyl (C=O) groups is 2. The zero-order chi connectivity index (χ0) is 16.8. The van der Waals surface area contributed by atoms with Crippen molar-refractivity contribution in [2.45, 2.75) is 44.7 Å². The van der Waals surface area contributed by atoms with Crippen molar-refractivity contribution in [3.05, 3.63) is 35.9 Å². The van der Waals surface area contributed by atoms with E-state index in [4.69, 9.17) is 10.5 Å². The van der Waals surface area contributed by atoms with Gasteiger partial charge in [-0.05, 0) is 31.2 Å². The first kappa shape index (κ1) is 17.5. The molecule has 2 unspecified atom stereocenters. The minimum atomic E-state index is -0.455. The summed E-state index contributed by atoms with van der Waals surface area (Å²) in [6, 6.07) is 9.22. The summed E-state index contributed by atoms with van der Waals surface area (Å²) in [5.41, 5.74) is 6.94. The van der Waals surface area contributed by atoms with E-state index in [1.807, 2.05) is 30.3 Å². The van der Waals surface area contributed by atoms with Gasteiger partial charge in [-0.15, -0.1) is 0 Å². The number of nitrogens with one attached hydrogen (secondary N) is 1. The first-order valence-electron chi connectivity index (χ1n) is 8.20. The fourth-order valence-corrected chi connectivity index (χ4v) is 3.27. The van der Waals surface area contributed by atoms with Crippen molar-refractivity contribution in [2.75, 3.05) is 7.11 Å². The van der Waals surface area contributed by atoms with Gasteiger partial charge in [0.15, 0.2) is 0 Å². The molecule has 1 aliphatic carbocycles. The van der Waals surface area contributed by atoms with Gasteiger partial charge in [0.25, 0.3) is 0 Å². The molecule has 1 aromatic carbocycles. The van der Waals surface area contributed by atoms with Crippen LogP contribution in [0.1, 0.15) is 44.2 Å². The summed E-state index contributed by atoms with van der Waals surface area (Å²) < 4.78 is 4.84. The molecular weight excluding hydrogens is 292 g/mol. The third kappa shape index (κ3) is 4.55. The molecule has 0 radical (unpaired) electrons. The molecule has 0 heterocycles. The zero-order valence-corrected chi connectivity index (χ0v) is 13.8. The van der Waals surface area contributed by atoms with E-state index in [1.54, 1.807) is 6.92 Å². The molecule has 1 fully saturated rings. The molecule has 0 aromatic heterocycles. The molecule has 0 spiro atoms. The average Bonchev–Trinajstić information content (AvgIpc) is 2.97. The Bertz CT molecular complexity index is 532. The molecule has 4 atom stereocenters. The topological polar surface area (TPSA) is 81.4 Å². The van der Waals surface area contributed by atoms with Crippen molar-refractivity contribution in [3.8, 4) is 0 Å². The summed E-state index contributed by atoms with van der Waals surface area (Å²) in [5, 5.41) is 3.00. The zero-order valence-electron chi connectivity index (χ0n) is 13.8. The monoisotopic (exact) mass is 318 g/mol. The van der Waals surface area contributed by atoms with Gasteiger partial charge >= 0.3 is 5.97 Å². The summed E-state index contributed by atoms with van der Waals surface area (Å²) in [7, 11) is 1.36. The Morgan fingerprint density at radius 1 is 1.30 bits per heavy atom. The van der Waals surface area contributed by atoms with Gasteiger partial charge < -0.3 is 15.8 Å². The molecule has 0 saturated heterocycles. The van der Waals surface area contributed by atoms with Crippen LogP contribution >= 0.6 is 0 Å². The quantitative estimate of drug-likeness (QED) is 0.788. The van der Waals surface area contributed by atoms with Crippen LogP contribution in [0.5, 0.6) is 0 Å². The Balaban J connectivity index is 2.08. The van der Waals surface area contributed by atoms with Gasteiger partial charge in [0.2, 0.25) is 5.91 Å². The minimum Gasteiger partial charge on any atom is -0.469 e. The molecule has 3 N–H and O–H groups in total. The highest BCUT2D eigenvalue weighted by atomic mass is 16.5. The smallest absolute Gasteiger partial charge is 0.310 e. The second-order valence-corrected chi connectivity index (χ2v) is 6.33. The van der Waals surface area contributed by atoms with E-state index in [0.29, 0.717) is 6.42 Å². The Kier molecular flexibility index (Phi) is 6.16. The lowest BCUT2D eigenvalue weighted by molar-refractivity contribution is -0.146. The molecule has 126 valence electrons.